The highest BCUT2D eigenvalue weighted by molar-refractivity contribution is 7.15. The molecule has 0 saturated heterocycles. The molecule has 0 bridgehead atoms. The molecule has 2 aromatic heterocycles. The number of imidazole rings is 1. The fourth-order valence-electron chi connectivity index (χ4n) is 2.93. The predicted octanol–water partition coefficient (Wildman–Crippen LogP) is 4.32. The smallest absolute Gasteiger partial charge is 0.167 e. The summed E-state index contributed by atoms with van der Waals surface area (Å²) in [5.41, 5.74) is 4.70. The predicted molar refractivity (Wildman–Crippen MR) is 83.0 cm³/mol. The van der Waals surface area contributed by atoms with Crippen molar-refractivity contribution in [3.8, 4) is 10.8 Å². The van der Waals surface area contributed by atoms with E-state index >= 15 is 0 Å². The Morgan fingerprint density at radius 1 is 1.25 bits per heavy atom. The first kappa shape index (κ1) is 12.3. The summed E-state index contributed by atoms with van der Waals surface area (Å²) in [6.07, 6.45) is 7.45. The Kier molecular flexibility index (Phi) is 2.81. The average Bonchev–Trinajstić information content (AvgIpc) is 3.04. The van der Waals surface area contributed by atoms with Crippen molar-refractivity contribution in [2.24, 2.45) is 0 Å². The SMILES string of the molecule is C=C(C)c1nc(-c2nc3c(s2)CCCC3)[nH]c1C1CC1. The van der Waals surface area contributed by atoms with Crippen molar-refractivity contribution in [1.82, 2.24) is 15.0 Å². The molecule has 0 aromatic carbocycles. The van der Waals surface area contributed by atoms with Crippen LogP contribution in [0.1, 0.15) is 60.5 Å². The zero-order valence-electron chi connectivity index (χ0n) is 11.8. The van der Waals surface area contributed by atoms with E-state index in [1.807, 2.05) is 18.3 Å². The normalized spacial score (nSPS) is 18.1. The van der Waals surface area contributed by atoms with E-state index in [2.05, 4.69) is 11.6 Å². The van der Waals surface area contributed by atoms with Crippen molar-refractivity contribution in [3.63, 3.8) is 0 Å². The lowest BCUT2D eigenvalue weighted by Gasteiger charge is -2.06. The number of H-pyrrole nitrogens is 1. The minimum atomic E-state index is 0.664. The third-order valence-corrected chi connectivity index (χ3v) is 5.33. The quantitative estimate of drug-likeness (QED) is 0.912. The summed E-state index contributed by atoms with van der Waals surface area (Å²) < 4.78 is 0. The first-order chi connectivity index (χ1) is 9.72. The van der Waals surface area contributed by atoms with Crippen LogP contribution in [0.15, 0.2) is 6.58 Å². The van der Waals surface area contributed by atoms with Crippen molar-refractivity contribution >= 4 is 16.9 Å². The highest BCUT2D eigenvalue weighted by Gasteiger charge is 2.30. The topological polar surface area (TPSA) is 41.6 Å². The highest BCUT2D eigenvalue weighted by atomic mass is 32.1. The number of hydrogen-bond donors (Lipinski definition) is 1. The minimum absolute atomic E-state index is 0.664. The van der Waals surface area contributed by atoms with E-state index in [0.29, 0.717) is 5.92 Å². The number of aromatic nitrogens is 3. The van der Waals surface area contributed by atoms with Crippen molar-refractivity contribution in [2.75, 3.05) is 0 Å². The van der Waals surface area contributed by atoms with Crippen LogP contribution in [0.2, 0.25) is 0 Å². The van der Waals surface area contributed by atoms with Crippen molar-refractivity contribution < 1.29 is 0 Å². The van der Waals surface area contributed by atoms with E-state index in [1.54, 1.807) is 0 Å². The summed E-state index contributed by atoms with van der Waals surface area (Å²) in [4.78, 5) is 14.6. The Labute approximate surface area is 123 Å². The molecule has 2 aliphatic carbocycles. The van der Waals surface area contributed by atoms with Crippen LogP contribution in [-0.4, -0.2) is 15.0 Å². The molecule has 0 amide bonds. The van der Waals surface area contributed by atoms with Gasteiger partial charge in [0.25, 0.3) is 0 Å². The largest absolute Gasteiger partial charge is 0.339 e. The molecular weight excluding hydrogens is 266 g/mol. The summed E-state index contributed by atoms with van der Waals surface area (Å²) in [7, 11) is 0. The molecule has 1 saturated carbocycles. The highest BCUT2D eigenvalue weighted by Crippen LogP contribution is 2.43. The lowest BCUT2D eigenvalue weighted by atomic mass is 10.0. The molecule has 104 valence electrons. The second-order valence-corrected chi connectivity index (χ2v) is 7.08. The van der Waals surface area contributed by atoms with Crippen LogP contribution < -0.4 is 0 Å². The van der Waals surface area contributed by atoms with Crippen LogP contribution in [0.5, 0.6) is 0 Å². The number of thiazole rings is 1. The molecule has 3 nitrogen and oxygen atoms in total. The van der Waals surface area contributed by atoms with Gasteiger partial charge in [0.1, 0.15) is 0 Å². The number of aromatic amines is 1. The number of aryl methyl sites for hydroxylation is 2. The monoisotopic (exact) mass is 285 g/mol. The molecular formula is C16H19N3S. The van der Waals surface area contributed by atoms with Crippen LogP contribution in [0.4, 0.5) is 0 Å². The lowest BCUT2D eigenvalue weighted by Crippen LogP contribution is -1.98. The van der Waals surface area contributed by atoms with E-state index in [4.69, 9.17) is 9.97 Å². The van der Waals surface area contributed by atoms with Crippen molar-refractivity contribution in [1.29, 1.82) is 0 Å². The summed E-state index contributed by atoms with van der Waals surface area (Å²) >= 11 is 1.82. The van der Waals surface area contributed by atoms with Gasteiger partial charge in [-0.25, -0.2) is 9.97 Å². The third-order valence-electron chi connectivity index (χ3n) is 4.17. The summed E-state index contributed by atoms with van der Waals surface area (Å²) in [5.74, 6) is 1.61. The first-order valence-electron chi connectivity index (χ1n) is 7.47. The zero-order valence-corrected chi connectivity index (χ0v) is 12.6. The number of nitrogens with one attached hydrogen (secondary N) is 1. The van der Waals surface area contributed by atoms with Gasteiger partial charge >= 0.3 is 0 Å². The van der Waals surface area contributed by atoms with Crippen LogP contribution in [-0.2, 0) is 12.8 Å². The fraction of sp³-hybridized carbons (Fsp3) is 0.500. The fourth-order valence-corrected chi connectivity index (χ4v) is 4.03. The lowest BCUT2D eigenvalue weighted by molar-refractivity contribution is 0.682. The molecule has 2 aliphatic rings. The zero-order chi connectivity index (χ0) is 13.7. The van der Waals surface area contributed by atoms with Gasteiger partial charge in [0, 0.05) is 16.5 Å². The van der Waals surface area contributed by atoms with Gasteiger partial charge in [0.2, 0.25) is 0 Å². The maximum Gasteiger partial charge on any atom is 0.167 e. The van der Waals surface area contributed by atoms with Gasteiger partial charge in [-0.2, -0.15) is 0 Å². The second kappa shape index (κ2) is 4.55. The Morgan fingerprint density at radius 3 is 2.75 bits per heavy atom. The number of rotatable bonds is 3. The maximum absolute atomic E-state index is 4.81. The van der Waals surface area contributed by atoms with Crippen LogP contribution in [0.3, 0.4) is 0 Å². The average molecular weight is 285 g/mol. The molecule has 1 fully saturated rings. The van der Waals surface area contributed by atoms with E-state index in [1.165, 1.54) is 48.4 Å². The molecule has 2 aromatic rings. The first-order valence-corrected chi connectivity index (χ1v) is 8.29. The molecule has 0 atom stereocenters. The van der Waals surface area contributed by atoms with Gasteiger partial charge in [-0.1, -0.05) is 6.58 Å². The van der Waals surface area contributed by atoms with E-state index < -0.39 is 0 Å². The standard InChI is InChI=1S/C16H19N3S/c1-9(2)13-14(10-7-8-10)19-15(18-13)16-17-11-5-3-4-6-12(11)20-16/h10H,1,3-8H2,2H3,(H,18,19). The van der Waals surface area contributed by atoms with Crippen molar-refractivity contribution in [2.45, 2.75) is 51.4 Å². The van der Waals surface area contributed by atoms with Gasteiger partial charge in [-0.15, -0.1) is 11.3 Å². The van der Waals surface area contributed by atoms with Crippen LogP contribution in [0, 0.1) is 0 Å². The molecule has 0 aliphatic heterocycles. The Hall–Kier alpha value is -1.42. The summed E-state index contributed by atoms with van der Waals surface area (Å²) in [6, 6.07) is 0. The Morgan fingerprint density at radius 2 is 2.05 bits per heavy atom. The minimum Gasteiger partial charge on any atom is -0.339 e. The van der Waals surface area contributed by atoms with Crippen molar-refractivity contribution in [3.05, 3.63) is 28.5 Å². The maximum atomic E-state index is 4.81. The molecule has 0 radical (unpaired) electrons. The number of fused-ring (bicyclic) bond motifs is 1. The summed E-state index contributed by atoms with van der Waals surface area (Å²) in [6.45, 7) is 6.11. The summed E-state index contributed by atoms with van der Waals surface area (Å²) in [5, 5.41) is 1.06. The molecule has 4 heteroatoms. The Bertz CT molecular complexity index is 652. The molecule has 2 heterocycles. The number of allylic oxidation sites excluding steroid dienone is 1. The molecule has 0 unspecified atom stereocenters. The third kappa shape index (κ3) is 2.03. The Balaban J connectivity index is 1.76. The van der Waals surface area contributed by atoms with Gasteiger partial charge in [-0.3, -0.25) is 0 Å². The molecule has 1 N–H and O–H groups in total. The molecule has 20 heavy (non-hydrogen) atoms. The van der Waals surface area contributed by atoms with Gasteiger partial charge < -0.3 is 4.98 Å². The second-order valence-electron chi connectivity index (χ2n) is 6.00. The van der Waals surface area contributed by atoms with E-state index in [-0.39, 0.29) is 0 Å². The van der Waals surface area contributed by atoms with E-state index in [9.17, 15) is 0 Å². The van der Waals surface area contributed by atoms with Gasteiger partial charge in [0.15, 0.2) is 10.8 Å². The van der Waals surface area contributed by atoms with Crippen LogP contribution in [0.25, 0.3) is 16.4 Å². The van der Waals surface area contributed by atoms with Gasteiger partial charge in [-0.05, 0) is 51.0 Å². The molecule has 0 spiro atoms. The number of hydrogen-bond acceptors (Lipinski definition) is 3. The van der Waals surface area contributed by atoms with Gasteiger partial charge in [0.05, 0.1) is 11.4 Å². The number of nitrogens with zero attached hydrogens (tertiary/aromatic N) is 2. The molecule has 4 rings (SSSR count). The van der Waals surface area contributed by atoms with Crippen LogP contribution >= 0.6 is 11.3 Å². The van der Waals surface area contributed by atoms with E-state index in [0.717, 1.165) is 28.5 Å².